The van der Waals surface area contributed by atoms with Crippen LogP contribution in [0.3, 0.4) is 0 Å². The number of nitrogens with one attached hydrogen (secondary N) is 1. The number of amides is 1. The Kier molecular flexibility index (Phi) is 8.54. The summed E-state index contributed by atoms with van der Waals surface area (Å²) in [4.78, 5) is 11.2. The number of nitrogens with two attached hydrogens (primary N) is 1. The first-order valence-corrected chi connectivity index (χ1v) is 5.88. The highest BCUT2D eigenvalue weighted by Gasteiger charge is 2.06. The van der Waals surface area contributed by atoms with E-state index < -0.39 is 0 Å². The van der Waals surface area contributed by atoms with Gasteiger partial charge in [-0.2, -0.15) is 0 Å². The van der Waals surface area contributed by atoms with Crippen molar-refractivity contribution in [1.29, 1.82) is 0 Å². The summed E-state index contributed by atoms with van der Waals surface area (Å²) in [5.74, 6) is 0.632. The molecule has 1 rings (SSSR count). The van der Waals surface area contributed by atoms with Crippen molar-refractivity contribution in [3.8, 4) is 5.75 Å². The first kappa shape index (κ1) is 17.0. The summed E-state index contributed by atoms with van der Waals surface area (Å²) in [7, 11) is 0. The van der Waals surface area contributed by atoms with E-state index in [1.807, 2.05) is 19.1 Å². The van der Waals surface area contributed by atoms with Crippen molar-refractivity contribution in [3.63, 3.8) is 0 Å². The Balaban J connectivity index is 0.00000289. The van der Waals surface area contributed by atoms with Crippen LogP contribution in [0.1, 0.15) is 13.3 Å². The number of ether oxygens (including phenoxy) is 1. The van der Waals surface area contributed by atoms with Gasteiger partial charge >= 0.3 is 0 Å². The summed E-state index contributed by atoms with van der Waals surface area (Å²) in [5.41, 5.74) is 5.27. The molecule has 4 nitrogen and oxygen atoms in total. The molecule has 0 heterocycles. The molecule has 0 spiro atoms. The minimum absolute atomic E-state index is 0. The molecule has 102 valence electrons. The fourth-order valence-electron chi connectivity index (χ4n) is 1.29. The van der Waals surface area contributed by atoms with Gasteiger partial charge in [0.2, 0.25) is 5.91 Å². The summed E-state index contributed by atoms with van der Waals surface area (Å²) in [6.07, 6.45) is 0.222. The van der Waals surface area contributed by atoms with Gasteiger partial charge in [0.1, 0.15) is 11.9 Å². The topological polar surface area (TPSA) is 64.4 Å². The zero-order valence-corrected chi connectivity index (χ0v) is 11.8. The molecule has 1 unspecified atom stereocenters. The van der Waals surface area contributed by atoms with Crippen LogP contribution in [0.4, 0.5) is 0 Å². The minimum atomic E-state index is -0.116. The van der Waals surface area contributed by atoms with Crippen molar-refractivity contribution in [2.45, 2.75) is 19.4 Å². The van der Waals surface area contributed by atoms with Crippen LogP contribution in [0.15, 0.2) is 24.3 Å². The van der Waals surface area contributed by atoms with Crippen molar-refractivity contribution in [1.82, 2.24) is 5.32 Å². The van der Waals surface area contributed by atoms with E-state index in [2.05, 4.69) is 5.32 Å². The molecular weight excluding hydrogens is 275 g/mol. The molecule has 1 amide bonds. The summed E-state index contributed by atoms with van der Waals surface area (Å²) in [6, 6.07) is 7.16. The van der Waals surface area contributed by atoms with E-state index in [1.165, 1.54) is 0 Å². The predicted octanol–water partition coefficient (Wildman–Crippen LogP) is 1.99. The summed E-state index contributed by atoms with van der Waals surface area (Å²) >= 11 is 5.83. The molecule has 1 atom stereocenters. The van der Waals surface area contributed by atoms with Crippen molar-refractivity contribution >= 4 is 29.9 Å². The van der Waals surface area contributed by atoms with Crippen molar-refractivity contribution in [2.24, 2.45) is 5.73 Å². The zero-order chi connectivity index (χ0) is 12.7. The highest BCUT2D eigenvalue weighted by Crippen LogP contribution is 2.18. The van der Waals surface area contributed by atoms with E-state index in [0.29, 0.717) is 30.3 Å². The number of carbonyl (C=O) groups excluding carboxylic acids is 1. The third kappa shape index (κ3) is 6.69. The quantitative estimate of drug-likeness (QED) is 0.843. The lowest BCUT2D eigenvalue weighted by Gasteiger charge is -2.15. The molecule has 0 saturated carbocycles. The van der Waals surface area contributed by atoms with Crippen LogP contribution >= 0.6 is 24.0 Å². The van der Waals surface area contributed by atoms with E-state index in [0.717, 1.165) is 0 Å². The standard InChI is InChI=1S/C12H17ClN2O2.ClH/c1-9(8-15-12(16)5-6-14)17-11-4-2-3-10(13)7-11;/h2-4,7,9H,5-6,8,14H2,1H3,(H,15,16);1H. The Morgan fingerprint density at radius 1 is 1.56 bits per heavy atom. The van der Waals surface area contributed by atoms with Gasteiger partial charge in [-0.3, -0.25) is 4.79 Å². The largest absolute Gasteiger partial charge is 0.489 e. The third-order valence-electron chi connectivity index (χ3n) is 2.09. The van der Waals surface area contributed by atoms with Gasteiger partial charge in [-0.05, 0) is 25.1 Å². The Bertz CT molecular complexity index is 375. The molecule has 1 aromatic carbocycles. The number of carbonyl (C=O) groups is 1. The molecule has 0 aromatic heterocycles. The molecule has 0 aliphatic carbocycles. The van der Waals surface area contributed by atoms with E-state index >= 15 is 0 Å². The molecule has 1 aromatic rings. The van der Waals surface area contributed by atoms with Gasteiger partial charge in [0.15, 0.2) is 0 Å². The predicted molar refractivity (Wildman–Crippen MR) is 75.5 cm³/mol. The van der Waals surface area contributed by atoms with Crippen LogP contribution in [-0.2, 0) is 4.79 Å². The minimum Gasteiger partial charge on any atom is -0.489 e. The smallest absolute Gasteiger partial charge is 0.221 e. The number of hydrogen-bond donors (Lipinski definition) is 2. The van der Waals surface area contributed by atoms with Gasteiger partial charge in [0, 0.05) is 18.0 Å². The molecule has 0 aliphatic heterocycles. The van der Waals surface area contributed by atoms with Gasteiger partial charge in [0.25, 0.3) is 0 Å². The molecular formula is C12H18Cl2N2O2. The summed E-state index contributed by atoms with van der Waals surface area (Å²) < 4.78 is 5.59. The van der Waals surface area contributed by atoms with Crippen molar-refractivity contribution in [2.75, 3.05) is 13.1 Å². The highest BCUT2D eigenvalue weighted by atomic mass is 35.5. The number of rotatable bonds is 6. The van der Waals surface area contributed by atoms with Gasteiger partial charge in [0.05, 0.1) is 6.54 Å². The third-order valence-corrected chi connectivity index (χ3v) is 2.33. The fraction of sp³-hybridized carbons (Fsp3) is 0.417. The molecule has 6 heteroatoms. The fourth-order valence-corrected chi connectivity index (χ4v) is 1.47. The van der Waals surface area contributed by atoms with Crippen LogP contribution in [0, 0.1) is 0 Å². The van der Waals surface area contributed by atoms with Gasteiger partial charge in [-0.25, -0.2) is 0 Å². The van der Waals surface area contributed by atoms with Gasteiger partial charge in [-0.1, -0.05) is 17.7 Å². The normalized spacial score (nSPS) is 11.3. The maximum Gasteiger partial charge on any atom is 0.221 e. The molecule has 18 heavy (non-hydrogen) atoms. The SMILES string of the molecule is CC(CNC(=O)CCN)Oc1cccc(Cl)c1.Cl. The summed E-state index contributed by atoms with van der Waals surface area (Å²) in [5, 5.41) is 3.37. The lowest BCUT2D eigenvalue weighted by atomic mass is 10.3. The Morgan fingerprint density at radius 2 is 2.28 bits per heavy atom. The molecule has 0 saturated heterocycles. The molecule has 0 aliphatic rings. The van der Waals surface area contributed by atoms with Gasteiger partial charge < -0.3 is 15.8 Å². The van der Waals surface area contributed by atoms with E-state index in [-0.39, 0.29) is 24.4 Å². The van der Waals surface area contributed by atoms with E-state index in [9.17, 15) is 4.79 Å². The Labute approximate surface area is 118 Å². The van der Waals surface area contributed by atoms with Crippen molar-refractivity contribution < 1.29 is 9.53 Å². The lowest BCUT2D eigenvalue weighted by Crippen LogP contribution is -2.34. The first-order valence-electron chi connectivity index (χ1n) is 5.51. The Morgan fingerprint density at radius 3 is 2.89 bits per heavy atom. The average molecular weight is 293 g/mol. The number of benzene rings is 1. The van der Waals surface area contributed by atoms with Crippen LogP contribution in [-0.4, -0.2) is 25.1 Å². The molecule has 0 bridgehead atoms. The average Bonchev–Trinajstić information content (AvgIpc) is 2.27. The number of halogens is 2. The Hall–Kier alpha value is -0.970. The second-order valence-corrected chi connectivity index (χ2v) is 4.17. The van der Waals surface area contributed by atoms with Crippen LogP contribution in [0.5, 0.6) is 5.75 Å². The molecule has 0 radical (unpaired) electrons. The molecule has 3 N–H and O–H groups in total. The maximum atomic E-state index is 11.2. The second kappa shape index (κ2) is 9.03. The lowest BCUT2D eigenvalue weighted by molar-refractivity contribution is -0.121. The summed E-state index contributed by atoms with van der Waals surface area (Å²) in [6.45, 7) is 2.68. The monoisotopic (exact) mass is 292 g/mol. The number of hydrogen-bond acceptors (Lipinski definition) is 3. The van der Waals surface area contributed by atoms with Crippen LogP contribution in [0.25, 0.3) is 0 Å². The van der Waals surface area contributed by atoms with E-state index in [1.54, 1.807) is 12.1 Å². The van der Waals surface area contributed by atoms with Crippen LogP contribution < -0.4 is 15.8 Å². The van der Waals surface area contributed by atoms with Crippen LogP contribution in [0.2, 0.25) is 5.02 Å². The highest BCUT2D eigenvalue weighted by molar-refractivity contribution is 6.30. The van der Waals surface area contributed by atoms with Crippen molar-refractivity contribution in [3.05, 3.63) is 29.3 Å². The molecule has 0 fully saturated rings. The van der Waals surface area contributed by atoms with Gasteiger partial charge in [-0.15, -0.1) is 12.4 Å². The zero-order valence-electron chi connectivity index (χ0n) is 10.2. The maximum absolute atomic E-state index is 11.2. The second-order valence-electron chi connectivity index (χ2n) is 3.73. The van der Waals surface area contributed by atoms with E-state index in [4.69, 9.17) is 22.1 Å². The first-order chi connectivity index (χ1) is 8.11.